The van der Waals surface area contributed by atoms with Crippen molar-refractivity contribution in [2.45, 2.75) is 20.3 Å². The van der Waals surface area contributed by atoms with Crippen LogP contribution in [-0.2, 0) is 6.42 Å². The smallest absolute Gasteiger partial charge is 0.0640 e. The number of fused-ring (bicyclic) bond motifs is 7. The van der Waals surface area contributed by atoms with E-state index in [1.165, 1.54) is 84.7 Å². The maximum absolute atomic E-state index is 2.50. The first-order valence-electron chi connectivity index (χ1n) is 15.9. The number of nitrogens with zero attached hydrogens (tertiary/aromatic N) is 1. The summed E-state index contributed by atoms with van der Waals surface area (Å²) >= 11 is 3.81. The minimum Gasteiger partial charge on any atom is -0.308 e. The van der Waals surface area contributed by atoms with Gasteiger partial charge in [0.1, 0.15) is 0 Å². The van der Waals surface area contributed by atoms with Crippen LogP contribution in [0.3, 0.4) is 0 Å². The third kappa shape index (κ3) is 4.34. The van der Waals surface area contributed by atoms with Crippen LogP contribution in [0.1, 0.15) is 18.1 Å². The Morgan fingerprint density at radius 2 is 1.13 bits per heavy atom. The van der Waals surface area contributed by atoms with E-state index in [1.807, 2.05) is 22.7 Å². The van der Waals surface area contributed by atoms with E-state index in [1.54, 1.807) is 0 Å². The zero-order chi connectivity index (χ0) is 30.8. The molecule has 0 N–H and O–H groups in total. The molecule has 0 bridgehead atoms. The van der Waals surface area contributed by atoms with Crippen LogP contribution in [0.15, 0.2) is 140 Å². The van der Waals surface area contributed by atoms with E-state index in [4.69, 9.17) is 0 Å². The van der Waals surface area contributed by atoms with Crippen LogP contribution in [0, 0.1) is 6.92 Å². The van der Waals surface area contributed by atoms with Gasteiger partial charge in [-0.2, -0.15) is 0 Å². The Kier molecular flexibility index (Phi) is 6.45. The molecule has 1 nitrogen and oxygen atoms in total. The summed E-state index contributed by atoms with van der Waals surface area (Å²) in [5.41, 5.74) is 8.75. The summed E-state index contributed by atoms with van der Waals surface area (Å²) in [5.74, 6) is 0. The van der Waals surface area contributed by atoms with Gasteiger partial charge in [0.05, 0.1) is 20.8 Å². The molecule has 0 saturated heterocycles. The summed E-state index contributed by atoms with van der Waals surface area (Å²) in [6, 6.07) is 51.8. The molecule has 3 heteroatoms. The van der Waals surface area contributed by atoms with Crippen molar-refractivity contribution in [3.8, 4) is 11.1 Å². The maximum Gasteiger partial charge on any atom is 0.0640 e. The van der Waals surface area contributed by atoms with Crippen LogP contribution in [0.2, 0.25) is 0 Å². The van der Waals surface area contributed by atoms with Crippen LogP contribution >= 0.6 is 22.7 Å². The summed E-state index contributed by atoms with van der Waals surface area (Å²) in [5, 5.41) is 7.83. The van der Waals surface area contributed by atoms with E-state index in [2.05, 4.69) is 158 Å². The molecule has 2 heterocycles. The Hall–Kier alpha value is -4.96. The van der Waals surface area contributed by atoms with Gasteiger partial charge in [-0.15, -0.1) is 22.7 Å². The zero-order valence-electron chi connectivity index (χ0n) is 25.7. The first kappa shape index (κ1) is 27.4. The number of rotatable bonds is 5. The fourth-order valence-corrected chi connectivity index (χ4v) is 9.54. The molecule has 0 radical (unpaired) electrons. The molecule has 0 atom stereocenters. The molecule has 2 aromatic heterocycles. The average molecular weight is 626 g/mol. The Labute approximate surface area is 276 Å². The molecule has 0 amide bonds. The van der Waals surface area contributed by atoms with Gasteiger partial charge in [0.25, 0.3) is 0 Å². The number of benzene rings is 7. The standard InChI is InChI=1S/C43H31NS2/c1-3-28-18-24-35-37-14-8-16-39(43(37)46-41(35)26-28)44(38-15-7-13-36-34-23-17-27(2)25-40(34)45-42(36)38)31-21-19-30(20-22-31)33-12-6-10-29-9-4-5-11-32(29)33/h4-26H,3H2,1-2H3. The second kappa shape index (κ2) is 10.8. The highest BCUT2D eigenvalue weighted by atomic mass is 32.1. The van der Waals surface area contributed by atoms with E-state index in [0.717, 1.165) is 12.1 Å². The van der Waals surface area contributed by atoms with Crippen LogP contribution < -0.4 is 4.90 Å². The topological polar surface area (TPSA) is 3.24 Å². The molecule has 0 aliphatic carbocycles. The number of anilines is 3. The van der Waals surface area contributed by atoms with Gasteiger partial charge in [-0.05, 0) is 82.8 Å². The number of aryl methyl sites for hydroxylation is 2. The van der Waals surface area contributed by atoms with Crippen LogP contribution in [0.25, 0.3) is 62.2 Å². The summed E-state index contributed by atoms with van der Waals surface area (Å²) in [6.07, 6.45) is 1.04. The first-order valence-corrected chi connectivity index (χ1v) is 17.5. The van der Waals surface area contributed by atoms with Gasteiger partial charge in [-0.3, -0.25) is 0 Å². The van der Waals surface area contributed by atoms with Crippen LogP contribution in [0.5, 0.6) is 0 Å². The van der Waals surface area contributed by atoms with E-state index >= 15 is 0 Å². The van der Waals surface area contributed by atoms with E-state index in [0.29, 0.717) is 0 Å². The van der Waals surface area contributed by atoms with Gasteiger partial charge in [0.2, 0.25) is 0 Å². The number of hydrogen-bond acceptors (Lipinski definition) is 3. The van der Waals surface area contributed by atoms with E-state index in [-0.39, 0.29) is 0 Å². The average Bonchev–Trinajstić information content (AvgIpc) is 3.66. The van der Waals surface area contributed by atoms with Crippen molar-refractivity contribution in [2.24, 2.45) is 0 Å². The van der Waals surface area contributed by atoms with Gasteiger partial charge in [-0.25, -0.2) is 0 Å². The van der Waals surface area contributed by atoms with Gasteiger partial charge in [0.15, 0.2) is 0 Å². The molecule has 0 aliphatic rings. The fraction of sp³-hybridized carbons (Fsp3) is 0.0698. The molecule has 46 heavy (non-hydrogen) atoms. The normalized spacial score (nSPS) is 11.8. The highest BCUT2D eigenvalue weighted by Gasteiger charge is 2.21. The Morgan fingerprint density at radius 3 is 1.85 bits per heavy atom. The molecular formula is C43H31NS2. The third-order valence-corrected chi connectivity index (χ3v) is 11.7. The predicted octanol–water partition coefficient (Wildman–Crippen LogP) is 13.6. The van der Waals surface area contributed by atoms with Crippen molar-refractivity contribution in [1.82, 2.24) is 0 Å². The SMILES string of the molecule is CCc1ccc2c(c1)sc1c(N(c3ccc(-c4cccc5ccccc45)cc3)c3cccc4c3sc3cc(C)ccc34)cccc12. The van der Waals surface area contributed by atoms with Crippen molar-refractivity contribution in [3.63, 3.8) is 0 Å². The second-order valence-electron chi connectivity index (χ2n) is 12.1. The highest BCUT2D eigenvalue weighted by Crippen LogP contribution is 2.49. The molecule has 220 valence electrons. The van der Waals surface area contributed by atoms with Gasteiger partial charge < -0.3 is 4.90 Å². The van der Waals surface area contributed by atoms with Crippen molar-refractivity contribution >= 4 is 90.9 Å². The Bertz CT molecular complexity index is 2580. The lowest BCUT2D eigenvalue weighted by Crippen LogP contribution is -2.10. The van der Waals surface area contributed by atoms with E-state index in [9.17, 15) is 0 Å². The minimum absolute atomic E-state index is 1.04. The summed E-state index contributed by atoms with van der Waals surface area (Å²) in [7, 11) is 0. The molecule has 0 spiro atoms. The Morgan fingerprint density at radius 1 is 0.522 bits per heavy atom. The molecule has 0 aliphatic heterocycles. The first-order chi connectivity index (χ1) is 22.7. The molecule has 0 saturated carbocycles. The predicted molar refractivity (Wildman–Crippen MR) is 204 cm³/mol. The van der Waals surface area contributed by atoms with Crippen LogP contribution in [-0.4, -0.2) is 0 Å². The summed E-state index contributed by atoms with van der Waals surface area (Å²) in [6.45, 7) is 4.41. The van der Waals surface area contributed by atoms with Crippen molar-refractivity contribution < 1.29 is 0 Å². The molecule has 0 unspecified atom stereocenters. The number of thiophene rings is 2. The lowest BCUT2D eigenvalue weighted by molar-refractivity contribution is 1.15. The second-order valence-corrected chi connectivity index (χ2v) is 14.2. The van der Waals surface area contributed by atoms with Crippen molar-refractivity contribution in [1.29, 1.82) is 0 Å². The Balaban J connectivity index is 1.29. The molecule has 0 fully saturated rings. The van der Waals surface area contributed by atoms with Gasteiger partial charge in [0, 0.05) is 36.6 Å². The zero-order valence-corrected chi connectivity index (χ0v) is 27.4. The van der Waals surface area contributed by atoms with Crippen LogP contribution in [0.4, 0.5) is 17.1 Å². The lowest BCUT2D eigenvalue weighted by Gasteiger charge is -2.27. The molecule has 9 rings (SSSR count). The lowest BCUT2D eigenvalue weighted by atomic mass is 9.98. The number of hydrogen-bond donors (Lipinski definition) is 0. The third-order valence-electron chi connectivity index (χ3n) is 9.29. The quantitative estimate of drug-likeness (QED) is 0.184. The minimum atomic E-state index is 1.04. The summed E-state index contributed by atoms with van der Waals surface area (Å²) < 4.78 is 5.31. The fourth-order valence-electron chi connectivity index (χ4n) is 6.97. The van der Waals surface area contributed by atoms with Crippen molar-refractivity contribution in [2.75, 3.05) is 4.90 Å². The van der Waals surface area contributed by atoms with E-state index < -0.39 is 0 Å². The van der Waals surface area contributed by atoms with Crippen molar-refractivity contribution in [3.05, 3.63) is 151 Å². The molecular weight excluding hydrogens is 595 g/mol. The largest absolute Gasteiger partial charge is 0.308 e. The van der Waals surface area contributed by atoms with Gasteiger partial charge in [-0.1, -0.05) is 110 Å². The summed E-state index contributed by atoms with van der Waals surface area (Å²) in [4.78, 5) is 2.50. The maximum atomic E-state index is 2.50. The molecule has 9 aromatic rings. The monoisotopic (exact) mass is 625 g/mol. The van der Waals surface area contributed by atoms with Gasteiger partial charge >= 0.3 is 0 Å². The molecule has 7 aromatic carbocycles. The highest BCUT2D eigenvalue weighted by molar-refractivity contribution is 7.27.